The van der Waals surface area contributed by atoms with E-state index in [1.165, 1.54) is 18.2 Å². The van der Waals surface area contributed by atoms with E-state index in [0.717, 1.165) is 5.56 Å². The van der Waals surface area contributed by atoms with E-state index in [1.807, 2.05) is 5.01 Å². The van der Waals surface area contributed by atoms with E-state index in [1.54, 1.807) is 36.5 Å². The smallest absolute Gasteiger partial charge is 0.177 e. The first kappa shape index (κ1) is 16.3. The van der Waals surface area contributed by atoms with Crippen LogP contribution in [-0.2, 0) is 0 Å². The fraction of sp³-hybridized carbons (Fsp3) is 0.158. The fourth-order valence-electron chi connectivity index (χ4n) is 2.89. The number of aliphatic imine (C=N–C) groups is 1. The number of nitrogens with two attached hydrogens (primary N) is 1. The number of benzene rings is 2. The first-order chi connectivity index (χ1) is 12.5. The highest BCUT2D eigenvalue weighted by atomic mass is 19.1. The molecule has 1 fully saturated rings. The van der Waals surface area contributed by atoms with Gasteiger partial charge in [-0.15, -0.1) is 0 Å². The van der Waals surface area contributed by atoms with E-state index in [9.17, 15) is 8.78 Å². The summed E-state index contributed by atoms with van der Waals surface area (Å²) in [5.41, 5.74) is 7.55. The van der Waals surface area contributed by atoms with Crippen molar-refractivity contribution in [3.05, 3.63) is 71.4 Å². The van der Waals surface area contributed by atoms with Gasteiger partial charge in [0.25, 0.3) is 0 Å². The van der Waals surface area contributed by atoms with Crippen molar-refractivity contribution in [1.82, 2.24) is 5.01 Å². The second-order valence-electron chi connectivity index (χ2n) is 6.21. The first-order valence-electron chi connectivity index (χ1n) is 8.23. The van der Waals surface area contributed by atoms with Gasteiger partial charge in [-0.25, -0.2) is 13.8 Å². The van der Waals surface area contributed by atoms with E-state index in [-0.39, 0.29) is 23.4 Å². The molecule has 5 nitrogen and oxygen atoms in total. The second kappa shape index (κ2) is 6.25. The minimum Gasteiger partial charge on any atom is -0.383 e. The van der Waals surface area contributed by atoms with Gasteiger partial charge in [-0.3, -0.25) is 5.01 Å². The number of hydrogen-bond acceptors (Lipinski definition) is 4. The topological polar surface area (TPSA) is 65.8 Å². The van der Waals surface area contributed by atoms with Gasteiger partial charge in [0.1, 0.15) is 23.5 Å². The van der Waals surface area contributed by atoms with E-state index >= 15 is 0 Å². The molecule has 2 heterocycles. The van der Waals surface area contributed by atoms with Crippen LogP contribution in [0.3, 0.4) is 0 Å². The van der Waals surface area contributed by atoms with Gasteiger partial charge >= 0.3 is 0 Å². The van der Waals surface area contributed by atoms with Gasteiger partial charge in [0.05, 0.1) is 11.7 Å². The predicted octanol–water partition coefficient (Wildman–Crippen LogP) is 3.15. The van der Waals surface area contributed by atoms with Gasteiger partial charge < -0.3 is 11.1 Å². The highest BCUT2D eigenvalue weighted by Gasteiger charge is 2.55. The third-order valence-corrected chi connectivity index (χ3v) is 4.45. The molecule has 1 saturated heterocycles. The zero-order valence-electron chi connectivity index (χ0n) is 14.0. The summed E-state index contributed by atoms with van der Waals surface area (Å²) < 4.78 is 27.2. The van der Waals surface area contributed by atoms with Crippen molar-refractivity contribution in [2.45, 2.75) is 19.0 Å². The summed E-state index contributed by atoms with van der Waals surface area (Å²) in [6.45, 7) is 2.06. The average molecular weight is 353 g/mol. The lowest BCUT2D eigenvalue weighted by molar-refractivity contribution is 0.506. The standard InChI is InChI=1S/C19H17F2N5/c1-11-17-19(25-26(11)17)24-18(22)14-3-2-4-15(21)16(14)23-10-9-12-5-7-13(20)8-6-12/h2-11,17,23H,1H3,(H2,22,24,25)/b10-9+. The Morgan fingerprint density at radius 2 is 2.00 bits per heavy atom. The molecule has 2 aromatic rings. The van der Waals surface area contributed by atoms with Crippen LogP contribution in [0.2, 0.25) is 0 Å². The summed E-state index contributed by atoms with van der Waals surface area (Å²) in [6.07, 6.45) is 3.29. The quantitative estimate of drug-likeness (QED) is 0.504. The molecule has 4 rings (SSSR count). The van der Waals surface area contributed by atoms with Crippen LogP contribution in [0.15, 0.2) is 58.8 Å². The zero-order valence-corrected chi connectivity index (χ0v) is 14.0. The number of para-hydroxylation sites is 1. The zero-order chi connectivity index (χ0) is 18.3. The van der Waals surface area contributed by atoms with Crippen LogP contribution in [0.4, 0.5) is 14.5 Å². The molecule has 2 aliphatic rings. The number of amidine groups is 2. The number of anilines is 1. The molecule has 0 radical (unpaired) electrons. The predicted molar refractivity (Wildman–Crippen MR) is 98.7 cm³/mol. The molecule has 2 aliphatic heterocycles. The molecule has 0 aromatic heterocycles. The lowest BCUT2D eigenvalue weighted by atomic mass is 10.1. The summed E-state index contributed by atoms with van der Waals surface area (Å²) in [5.74, 6) is 0.131. The number of nitrogens with zero attached hydrogens (tertiary/aromatic N) is 3. The Morgan fingerprint density at radius 1 is 1.23 bits per heavy atom. The Morgan fingerprint density at radius 3 is 2.65 bits per heavy atom. The number of rotatable bonds is 4. The normalized spacial score (nSPS) is 21.3. The molecule has 0 spiro atoms. The second-order valence-corrected chi connectivity index (χ2v) is 6.21. The van der Waals surface area contributed by atoms with Crippen LogP contribution in [-0.4, -0.2) is 28.8 Å². The van der Waals surface area contributed by atoms with Crippen molar-refractivity contribution in [3.8, 4) is 0 Å². The molecule has 2 unspecified atom stereocenters. The van der Waals surface area contributed by atoms with E-state index < -0.39 is 5.82 Å². The molecular weight excluding hydrogens is 336 g/mol. The van der Waals surface area contributed by atoms with Crippen molar-refractivity contribution in [3.63, 3.8) is 0 Å². The molecule has 3 N–H and O–H groups in total. The van der Waals surface area contributed by atoms with E-state index in [2.05, 4.69) is 22.3 Å². The maximum absolute atomic E-state index is 14.3. The molecule has 0 bridgehead atoms. The molecule has 132 valence electrons. The Labute approximate surface area is 149 Å². The van der Waals surface area contributed by atoms with Crippen LogP contribution in [0.5, 0.6) is 0 Å². The summed E-state index contributed by atoms with van der Waals surface area (Å²) in [6, 6.07) is 11.2. The fourth-order valence-corrected chi connectivity index (χ4v) is 2.89. The third-order valence-electron chi connectivity index (χ3n) is 4.45. The van der Waals surface area contributed by atoms with Crippen molar-refractivity contribution >= 4 is 23.4 Å². The SMILES string of the molecule is CC1C2C(N=C(N)c3cccc(F)c3N/C=C/c3ccc(F)cc3)=NN12. The number of hydrazone groups is 1. The minimum atomic E-state index is -0.443. The third kappa shape index (κ3) is 2.92. The van der Waals surface area contributed by atoms with E-state index in [0.29, 0.717) is 17.4 Å². The van der Waals surface area contributed by atoms with Crippen molar-refractivity contribution < 1.29 is 8.78 Å². The van der Waals surface area contributed by atoms with Crippen molar-refractivity contribution in [1.29, 1.82) is 0 Å². The van der Waals surface area contributed by atoms with Crippen LogP contribution in [0.1, 0.15) is 18.1 Å². The Balaban J connectivity index is 1.54. The summed E-state index contributed by atoms with van der Waals surface area (Å²) in [7, 11) is 0. The largest absolute Gasteiger partial charge is 0.383 e. The number of fused-ring (bicyclic) bond motifs is 1. The molecule has 2 atom stereocenters. The molecule has 0 saturated carbocycles. The number of nitrogens with one attached hydrogen (secondary N) is 1. The van der Waals surface area contributed by atoms with Gasteiger partial charge in [0.2, 0.25) is 0 Å². The van der Waals surface area contributed by atoms with Crippen LogP contribution in [0, 0.1) is 11.6 Å². The van der Waals surface area contributed by atoms with Gasteiger partial charge in [0.15, 0.2) is 5.84 Å². The molecule has 0 aliphatic carbocycles. The lowest BCUT2D eigenvalue weighted by Crippen LogP contribution is -2.25. The highest BCUT2D eigenvalue weighted by Crippen LogP contribution is 2.38. The van der Waals surface area contributed by atoms with Gasteiger partial charge in [-0.1, -0.05) is 18.2 Å². The molecule has 7 heteroatoms. The maximum Gasteiger partial charge on any atom is 0.177 e. The maximum atomic E-state index is 14.3. The summed E-state index contributed by atoms with van der Waals surface area (Å²) >= 11 is 0. The minimum absolute atomic E-state index is 0.208. The Bertz CT molecular complexity index is 933. The monoisotopic (exact) mass is 353 g/mol. The van der Waals surface area contributed by atoms with E-state index in [4.69, 9.17) is 5.73 Å². The van der Waals surface area contributed by atoms with Gasteiger partial charge in [0, 0.05) is 11.8 Å². The molecule has 2 aromatic carbocycles. The Hall–Kier alpha value is -3.22. The van der Waals surface area contributed by atoms with Gasteiger partial charge in [-0.2, -0.15) is 5.10 Å². The molecule has 0 amide bonds. The van der Waals surface area contributed by atoms with Crippen molar-refractivity contribution in [2.75, 3.05) is 5.32 Å². The highest BCUT2D eigenvalue weighted by molar-refractivity contribution is 6.11. The molecular formula is C19H17F2N5. The lowest BCUT2D eigenvalue weighted by Gasteiger charge is -2.13. The summed E-state index contributed by atoms with van der Waals surface area (Å²) in [5, 5.41) is 9.06. The number of hydrogen-bond donors (Lipinski definition) is 2. The average Bonchev–Trinajstić information content (AvgIpc) is 3.15. The number of halogens is 2. The Kier molecular flexibility index (Phi) is 3.91. The van der Waals surface area contributed by atoms with Crippen LogP contribution < -0.4 is 11.1 Å². The first-order valence-corrected chi connectivity index (χ1v) is 8.23. The molecule has 26 heavy (non-hydrogen) atoms. The van der Waals surface area contributed by atoms with Crippen LogP contribution >= 0.6 is 0 Å². The van der Waals surface area contributed by atoms with Gasteiger partial charge in [-0.05, 0) is 42.8 Å². The van der Waals surface area contributed by atoms with Crippen LogP contribution in [0.25, 0.3) is 6.08 Å². The van der Waals surface area contributed by atoms with Crippen molar-refractivity contribution in [2.24, 2.45) is 15.8 Å². The summed E-state index contributed by atoms with van der Waals surface area (Å²) in [4.78, 5) is 4.33.